The maximum absolute atomic E-state index is 14.0. The zero-order chi connectivity index (χ0) is 33.3. The van der Waals surface area contributed by atoms with Crippen LogP contribution in [-0.4, -0.2) is 104 Å². The molecule has 9 nitrogen and oxygen atoms in total. The average molecular weight is 662 g/mol. The van der Waals surface area contributed by atoms with Crippen molar-refractivity contribution in [3.8, 4) is 17.2 Å². The summed E-state index contributed by atoms with van der Waals surface area (Å²) in [4.78, 5) is 25.7. The van der Waals surface area contributed by atoms with Gasteiger partial charge in [-0.2, -0.15) is 0 Å². The van der Waals surface area contributed by atoms with Crippen molar-refractivity contribution in [2.45, 2.75) is 33.2 Å². The highest BCUT2D eigenvalue weighted by Gasteiger charge is 2.24. The number of carbonyl (C=O) groups excluding carboxylic acids is 1. The van der Waals surface area contributed by atoms with Gasteiger partial charge in [0, 0.05) is 58.8 Å². The number of halogens is 1. The number of aromatic nitrogens is 2. The standard InChI is InChI=1S/C37H48ClN5O4/c1-27(2)15-17-42(37(44)30-13-14-33(45-4)36(46-5)35(30)38)18-16-34-39-31-11-6-7-12-32(31)43(34)26-28-9-8-10-29(25-28)47-24-23-41-21-19-40(3)20-22-41/h6-14,25,27H,15-24,26H2,1-5H3. The van der Waals surface area contributed by atoms with E-state index in [2.05, 4.69) is 59.5 Å². The Bertz CT molecular complexity index is 1630. The molecule has 0 N–H and O–H groups in total. The highest BCUT2D eigenvalue weighted by atomic mass is 35.5. The van der Waals surface area contributed by atoms with Crippen LogP contribution in [0.4, 0.5) is 0 Å². The summed E-state index contributed by atoms with van der Waals surface area (Å²) in [5.74, 6) is 2.94. The van der Waals surface area contributed by atoms with Gasteiger partial charge < -0.3 is 28.6 Å². The Morgan fingerprint density at radius 2 is 1.77 bits per heavy atom. The van der Waals surface area contributed by atoms with E-state index in [1.807, 2.05) is 29.2 Å². The molecule has 0 saturated carbocycles. The van der Waals surface area contributed by atoms with E-state index in [1.54, 1.807) is 19.2 Å². The second kappa shape index (κ2) is 16.4. The lowest BCUT2D eigenvalue weighted by atomic mass is 10.1. The first-order valence-electron chi connectivity index (χ1n) is 16.5. The number of hydrogen-bond donors (Lipinski definition) is 0. The van der Waals surface area contributed by atoms with Gasteiger partial charge in [0.15, 0.2) is 11.5 Å². The number of para-hydroxylation sites is 2. The number of rotatable bonds is 15. The fraction of sp³-hybridized carbons (Fsp3) is 0.459. The first-order valence-corrected chi connectivity index (χ1v) is 16.9. The van der Waals surface area contributed by atoms with E-state index < -0.39 is 0 Å². The number of fused-ring (bicyclic) bond motifs is 1. The predicted molar refractivity (Wildman–Crippen MR) is 188 cm³/mol. The van der Waals surface area contributed by atoms with Gasteiger partial charge in [-0.05, 0) is 61.3 Å². The monoisotopic (exact) mass is 661 g/mol. The number of benzene rings is 3. The maximum atomic E-state index is 14.0. The Kier molecular flexibility index (Phi) is 12.0. The number of methoxy groups -OCH3 is 2. The third-order valence-corrected chi connectivity index (χ3v) is 9.20. The number of piperazine rings is 1. The number of amides is 1. The molecule has 0 atom stereocenters. The Hall–Kier alpha value is -3.79. The molecule has 10 heteroatoms. The Morgan fingerprint density at radius 3 is 2.51 bits per heavy atom. The fourth-order valence-corrected chi connectivity index (χ4v) is 6.28. The van der Waals surface area contributed by atoms with E-state index in [9.17, 15) is 4.79 Å². The van der Waals surface area contributed by atoms with E-state index in [0.29, 0.717) is 55.6 Å². The molecule has 252 valence electrons. The summed E-state index contributed by atoms with van der Waals surface area (Å²) in [7, 11) is 5.25. The predicted octanol–water partition coefficient (Wildman–Crippen LogP) is 6.11. The van der Waals surface area contributed by atoms with Crippen LogP contribution >= 0.6 is 11.6 Å². The minimum atomic E-state index is -0.138. The largest absolute Gasteiger partial charge is 0.493 e. The van der Waals surface area contributed by atoms with Crippen LogP contribution in [0.15, 0.2) is 60.7 Å². The van der Waals surface area contributed by atoms with Crippen molar-refractivity contribution in [1.29, 1.82) is 0 Å². The number of likely N-dealkylation sites (N-methyl/N-ethyl adjacent to an activating group) is 1. The number of imidazole rings is 1. The highest BCUT2D eigenvalue weighted by molar-refractivity contribution is 6.35. The fourth-order valence-electron chi connectivity index (χ4n) is 5.96. The van der Waals surface area contributed by atoms with Crippen LogP contribution in [0.5, 0.6) is 17.2 Å². The van der Waals surface area contributed by atoms with Crippen LogP contribution in [-0.2, 0) is 13.0 Å². The summed E-state index contributed by atoms with van der Waals surface area (Å²) in [5.41, 5.74) is 3.53. The molecule has 4 aromatic rings. The summed E-state index contributed by atoms with van der Waals surface area (Å²) in [6.45, 7) is 12.0. The molecule has 1 aliphatic rings. The van der Waals surface area contributed by atoms with E-state index in [0.717, 1.165) is 67.3 Å². The van der Waals surface area contributed by atoms with Crippen LogP contribution in [0.2, 0.25) is 5.02 Å². The van der Waals surface area contributed by atoms with Crippen LogP contribution < -0.4 is 14.2 Å². The first-order chi connectivity index (χ1) is 22.8. The lowest BCUT2D eigenvalue weighted by Gasteiger charge is -2.32. The van der Waals surface area contributed by atoms with Gasteiger partial charge in [-0.3, -0.25) is 9.69 Å². The lowest BCUT2D eigenvalue weighted by Crippen LogP contribution is -2.45. The minimum Gasteiger partial charge on any atom is -0.493 e. The smallest absolute Gasteiger partial charge is 0.255 e. The molecule has 0 unspecified atom stereocenters. The molecule has 0 radical (unpaired) electrons. The molecule has 3 aromatic carbocycles. The Labute approximate surface area is 284 Å². The second-order valence-corrected chi connectivity index (χ2v) is 13.0. The van der Waals surface area contributed by atoms with Gasteiger partial charge in [0.05, 0.1) is 35.8 Å². The second-order valence-electron chi connectivity index (χ2n) is 12.6. The molecule has 2 heterocycles. The number of ether oxygens (including phenoxy) is 3. The number of nitrogens with zero attached hydrogens (tertiary/aromatic N) is 5. The molecule has 1 amide bonds. The van der Waals surface area contributed by atoms with Crippen molar-refractivity contribution >= 4 is 28.5 Å². The topological polar surface area (TPSA) is 72.3 Å². The van der Waals surface area contributed by atoms with Gasteiger partial charge in [-0.25, -0.2) is 4.98 Å². The number of carbonyl (C=O) groups is 1. The molecule has 1 aliphatic heterocycles. The summed E-state index contributed by atoms with van der Waals surface area (Å²) >= 11 is 6.69. The van der Waals surface area contributed by atoms with Gasteiger partial charge in [-0.1, -0.05) is 49.7 Å². The van der Waals surface area contributed by atoms with Crippen molar-refractivity contribution < 1.29 is 19.0 Å². The molecule has 5 rings (SSSR count). The van der Waals surface area contributed by atoms with Crippen molar-refractivity contribution in [2.75, 3.05) is 73.7 Å². The summed E-state index contributed by atoms with van der Waals surface area (Å²) in [6.07, 6.45) is 1.46. The molecular weight excluding hydrogens is 614 g/mol. The summed E-state index contributed by atoms with van der Waals surface area (Å²) in [6, 6.07) is 20.0. The van der Waals surface area contributed by atoms with Gasteiger partial charge in [0.1, 0.15) is 18.2 Å². The van der Waals surface area contributed by atoms with Gasteiger partial charge in [0.2, 0.25) is 0 Å². The van der Waals surface area contributed by atoms with Crippen molar-refractivity contribution in [3.05, 3.63) is 82.6 Å². The lowest BCUT2D eigenvalue weighted by molar-refractivity contribution is 0.0749. The van der Waals surface area contributed by atoms with E-state index >= 15 is 0 Å². The van der Waals surface area contributed by atoms with Gasteiger partial charge >= 0.3 is 0 Å². The molecule has 0 aliphatic carbocycles. The minimum absolute atomic E-state index is 0.138. The van der Waals surface area contributed by atoms with Crippen molar-refractivity contribution in [3.63, 3.8) is 0 Å². The molecule has 1 saturated heterocycles. The summed E-state index contributed by atoms with van der Waals surface area (Å²) < 4.78 is 19.3. The van der Waals surface area contributed by atoms with Crippen LogP contribution in [0.25, 0.3) is 11.0 Å². The molecule has 1 fully saturated rings. The van der Waals surface area contributed by atoms with E-state index in [4.69, 9.17) is 30.8 Å². The first kappa shape index (κ1) is 34.5. The molecule has 0 bridgehead atoms. The van der Waals surface area contributed by atoms with Crippen molar-refractivity contribution in [1.82, 2.24) is 24.3 Å². The average Bonchev–Trinajstić information content (AvgIpc) is 3.42. The van der Waals surface area contributed by atoms with Gasteiger partial charge in [0.25, 0.3) is 5.91 Å². The third-order valence-electron chi connectivity index (χ3n) is 8.83. The number of hydrogen-bond acceptors (Lipinski definition) is 7. The zero-order valence-electron chi connectivity index (χ0n) is 28.4. The van der Waals surface area contributed by atoms with Crippen LogP contribution in [0, 0.1) is 5.92 Å². The van der Waals surface area contributed by atoms with E-state index in [1.165, 1.54) is 7.11 Å². The SMILES string of the molecule is COc1ccc(C(=O)N(CCc2nc3ccccc3n2Cc2cccc(OCCN3CCN(C)CC3)c2)CCC(C)C)c(Cl)c1OC. The normalized spacial score (nSPS) is 14.1. The maximum Gasteiger partial charge on any atom is 0.255 e. The Balaban J connectivity index is 1.33. The zero-order valence-corrected chi connectivity index (χ0v) is 29.1. The van der Waals surface area contributed by atoms with E-state index in [-0.39, 0.29) is 10.9 Å². The van der Waals surface area contributed by atoms with Gasteiger partial charge in [-0.15, -0.1) is 0 Å². The summed E-state index contributed by atoms with van der Waals surface area (Å²) in [5, 5.41) is 0.254. The Morgan fingerprint density at radius 1 is 0.979 bits per heavy atom. The molecular formula is C37H48ClN5O4. The highest BCUT2D eigenvalue weighted by Crippen LogP contribution is 2.38. The molecule has 47 heavy (non-hydrogen) atoms. The van der Waals surface area contributed by atoms with Crippen molar-refractivity contribution in [2.24, 2.45) is 5.92 Å². The third kappa shape index (κ3) is 8.77. The molecule has 1 aromatic heterocycles. The quantitative estimate of drug-likeness (QED) is 0.152. The van der Waals surface area contributed by atoms with Crippen LogP contribution in [0.1, 0.15) is 42.0 Å². The van der Waals surface area contributed by atoms with Crippen LogP contribution in [0.3, 0.4) is 0 Å². The molecule has 0 spiro atoms.